The van der Waals surface area contributed by atoms with E-state index in [1.807, 2.05) is 18.2 Å². The van der Waals surface area contributed by atoms with E-state index >= 15 is 0 Å². The van der Waals surface area contributed by atoms with Crippen LogP contribution in [-0.4, -0.2) is 6.36 Å². The number of ether oxygens (including phenoxy) is 1. The number of hydrogen-bond acceptors (Lipinski definition) is 1. The van der Waals surface area contributed by atoms with Crippen LogP contribution < -0.4 is 4.74 Å². The molecule has 0 radical (unpaired) electrons. The molecule has 0 aliphatic heterocycles. The van der Waals surface area contributed by atoms with Gasteiger partial charge in [0.15, 0.2) is 11.6 Å². The van der Waals surface area contributed by atoms with Crippen molar-refractivity contribution in [2.45, 2.75) is 26.1 Å². The van der Waals surface area contributed by atoms with Crippen LogP contribution in [0.1, 0.15) is 34.7 Å². The molecule has 0 spiro atoms. The number of rotatable bonds is 2. The first-order chi connectivity index (χ1) is 14.2. The van der Waals surface area contributed by atoms with Gasteiger partial charge in [-0.1, -0.05) is 43.0 Å². The Labute approximate surface area is 170 Å². The van der Waals surface area contributed by atoms with Crippen molar-refractivity contribution in [1.82, 2.24) is 0 Å². The molecule has 152 valence electrons. The third-order valence-electron chi connectivity index (χ3n) is 4.92. The smallest absolute Gasteiger partial charge is 0.399 e. The van der Waals surface area contributed by atoms with E-state index in [0.29, 0.717) is 17.7 Å². The molecule has 0 atom stereocenters. The van der Waals surface area contributed by atoms with Crippen molar-refractivity contribution < 1.29 is 26.7 Å². The Morgan fingerprint density at radius 3 is 2.07 bits per heavy atom. The van der Waals surface area contributed by atoms with Crippen molar-refractivity contribution in [1.29, 1.82) is 0 Å². The van der Waals surface area contributed by atoms with Crippen LogP contribution in [-0.2, 0) is 12.8 Å². The lowest BCUT2D eigenvalue weighted by molar-refractivity contribution is -0.276. The zero-order valence-electron chi connectivity index (χ0n) is 15.8. The van der Waals surface area contributed by atoms with Crippen molar-refractivity contribution in [3.63, 3.8) is 0 Å². The normalized spacial score (nSPS) is 12.1. The monoisotopic (exact) mass is 414 g/mol. The highest BCUT2D eigenvalue weighted by Gasteiger charge is 2.34. The summed E-state index contributed by atoms with van der Waals surface area (Å²) in [6.07, 6.45) is -3.45. The second kappa shape index (κ2) is 7.49. The first kappa shape index (κ1) is 20.0. The Morgan fingerprint density at radius 1 is 0.833 bits per heavy atom. The fourth-order valence-electron chi connectivity index (χ4n) is 3.55. The second-order valence-electron chi connectivity index (χ2n) is 6.96. The molecular formula is C24H15F5O. The number of halogens is 5. The van der Waals surface area contributed by atoms with Gasteiger partial charge in [0.1, 0.15) is 0 Å². The third-order valence-corrected chi connectivity index (χ3v) is 4.92. The lowest BCUT2D eigenvalue weighted by Gasteiger charge is -2.10. The Kier molecular flexibility index (Phi) is 4.98. The summed E-state index contributed by atoms with van der Waals surface area (Å²) in [4.78, 5) is 0. The number of hydrogen-bond donors (Lipinski definition) is 0. The van der Waals surface area contributed by atoms with Gasteiger partial charge in [-0.05, 0) is 64.9 Å². The molecule has 0 aromatic heterocycles. The standard InChI is InChI=1S/C24H15F5O/c1-2-14-5-7-19-17(9-14)13-18-10-15(6-8-20(18)19)3-4-16-11-21(25)23(22(26)12-16)30-24(27,28)29/h5-12H,2,13H2,1H3. The van der Waals surface area contributed by atoms with Crippen LogP contribution in [0.5, 0.6) is 5.75 Å². The molecular weight excluding hydrogens is 399 g/mol. The summed E-state index contributed by atoms with van der Waals surface area (Å²) in [5.41, 5.74) is 6.50. The van der Waals surface area contributed by atoms with Crippen molar-refractivity contribution in [2.75, 3.05) is 0 Å². The molecule has 0 saturated heterocycles. The summed E-state index contributed by atoms with van der Waals surface area (Å²) in [7, 11) is 0. The lowest BCUT2D eigenvalue weighted by Crippen LogP contribution is -2.19. The van der Waals surface area contributed by atoms with E-state index in [4.69, 9.17) is 0 Å². The quantitative estimate of drug-likeness (QED) is 0.273. The van der Waals surface area contributed by atoms with Crippen LogP contribution in [0.15, 0.2) is 48.5 Å². The predicted molar refractivity (Wildman–Crippen MR) is 103 cm³/mol. The van der Waals surface area contributed by atoms with Gasteiger partial charge in [-0.15, -0.1) is 13.2 Å². The average molecular weight is 414 g/mol. The minimum absolute atomic E-state index is 0.0871. The number of fused-ring (bicyclic) bond motifs is 3. The molecule has 0 fully saturated rings. The molecule has 0 amide bonds. The van der Waals surface area contributed by atoms with Crippen molar-refractivity contribution in [2.24, 2.45) is 0 Å². The van der Waals surface area contributed by atoms with Gasteiger partial charge in [-0.3, -0.25) is 0 Å². The zero-order chi connectivity index (χ0) is 21.5. The van der Waals surface area contributed by atoms with Crippen molar-refractivity contribution in [3.05, 3.63) is 88.0 Å². The topological polar surface area (TPSA) is 9.23 Å². The minimum atomic E-state index is -5.19. The Hall–Kier alpha value is -3.33. The highest BCUT2D eigenvalue weighted by atomic mass is 19.4. The summed E-state index contributed by atoms with van der Waals surface area (Å²) >= 11 is 0. The maximum Gasteiger partial charge on any atom is 0.573 e. The van der Waals surface area contributed by atoms with E-state index < -0.39 is 23.7 Å². The molecule has 0 bridgehead atoms. The molecule has 1 nitrogen and oxygen atoms in total. The molecule has 3 aromatic rings. The summed E-state index contributed by atoms with van der Waals surface area (Å²) in [6.45, 7) is 2.10. The van der Waals surface area contributed by atoms with E-state index in [9.17, 15) is 22.0 Å². The maximum absolute atomic E-state index is 13.8. The van der Waals surface area contributed by atoms with Gasteiger partial charge >= 0.3 is 6.36 Å². The van der Waals surface area contributed by atoms with Crippen molar-refractivity contribution >= 4 is 0 Å². The van der Waals surface area contributed by atoms with Gasteiger partial charge < -0.3 is 4.74 Å². The second-order valence-corrected chi connectivity index (χ2v) is 6.96. The first-order valence-electron chi connectivity index (χ1n) is 9.25. The molecule has 4 rings (SSSR count). The van der Waals surface area contributed by atoms with Gasteiger partial charge in [0.2, 0.25) is 5.75 Å². The molecule has 1 aliphatic rings. The Morgan fingerprint density at radius 2 is 1.43 bits per heavy atom. The predicted octanol–water partition coefficient (Wildman–Crippen LogP) is 6.40. The van der Waals surface area contributed by atoms with Crippen LogP contribution in [0, 0.1) is 23.5 Å². The lowest BCUT2D eigenvalue weighted by atomic mass is 10.0. The summed E-state index contributed by atoms with van der Waals surface area (Å²) in [5, 5.41) is 0. The molecule has 1 aliphatic carbocycles. The fraction of sp³-hybridized carbons (Fsp3) is 0.167. The molecule has 30 heavy (non-hydrogen) atoms. The highest BCUT2D eigenvalue weighted by molar-refractivity contribution is 5.77. The summed E-state index contributed by atoms with van der Waals surface area (Å²) in [5.74, 6) is 0.991. The molecule has 0 N–H and O–H groups in total. The number of benzene rings is 3. The third kappa shape index (κ3) is 4.02. The highest BCUT2D eigenvalue weighted by Crippen LogP contribution is 2.37. The average Bonchev–Trinajstić information content (AvgIpc) is 3.05. The molecule has 3 aromatic carbocycles. The molecule has 6 heteroatoms. The Balaban J connectivity index is 1.60. The van der Waals surface area contributed by atoms with Crippen molar-refractivity contribution in [3.8, 4) is 28.7 Å². The zero-order valence-corrected chi connectivity index (χ0v) is 15.8. The maximum atomic E-state index is 13.8. The minimum Gasteiger partial charge on any atom is -0.399 e. The fourth-order valence-corrected chi connectivity index (χ4v) is 3.55. The number of aryl methyl sites for hydroxylation is 1. The van der Waals surface area contributed by atoms with Gasteiger partial charge in [-0.25, -0.2) is 8.78 Å². The van der Waals surface area contributed by atoms with Gasteiger partial charge in [-0.2, -0.15) is 0 Å². The largest absolute Gasteiger partial charge is 0.573 e. The van der Waals surface area contributed by atoms with Crippen LogP contribution in [0.4, 0.5) is 22.0 Å². The summed E-state index contributed by atoms with van der Waals surface area (Å²) in [6, 6.07) is 13.5. The van der Waals surface area contributed by atoms with Gasteiger partial charge in [0.25, 0.3) is 0 Å². The van der Waals surface area contributed by atoms with E-state index in [1.165, 1.54) is 16.7 Å². The van der Waals surface area contributed by atoms with E-state index in [0.717, 1.165) is 24.0 Å². The van der Waals surface area contributed by atoms with Crippen LogP contribution >= 0.6 is 0 Å². The van der Waals surface area contributed by atoms with E-state index in [1.54, 1.807) is 0 Å². The molecule has 0 heterocycles. The number of alkyl halides is 3. The van der Waals surface area contributed by atoms with E-state index in [2.05, 4.69) is 41.7 Å². The molecule has 0 unspecified atom stereocenters. The van der Waals surface area contributed by atoms with Gasteiger partial charge in [0.05, 0.1) is 0 Å². The van der Waals surface area contributed by atoms with E-state index in [-0.39, 0.29) is 5.56 Å². The Bertz CT molecular complexity index is 1180. The molecule has 0 saturated carbocycles. The SMILES string of the molecule is CCc1ccc2c(c1)Cc1cc(C#Cc3cc(F)c(OC(F)(F)F)c(F)c3)ccc1-2. The first-order valence-corrected chi connectivity index (χ1v) is 9.25. The van der Waals surface area contributed by atoms with Crippen LogP contribution in [0.2, 0.25) is 0 Å². The summed E-state index contributed by atoms with van der Waals surface area (Å²) < 4.78 is 67.7. The van der Waals surface area contributed by atoms with Crippen LogP contribution in [0.3, 0.4) is 0 Å². The van der Waals surface area contributed by atoms with Crippen LogP contribution in [0.25, 0.3) is 11.1 Å². The van der Waals surface area contributed by atoms with Gasteiger partial charge in [0, 0.05) is 11.1 Å².